The second-order valence-electron chi connectivity index (χ2n) is 6.37. The fourth-order valence-electron chi connectivity index (χ4n) is 2.97. The van der Waals surface area contributed by atoms with Gasteiger partial charge in [0.05, 0.1) is 17.3 Å². The minimum Gasteiger partial charge on any atom is -0.478 e. The standard InChI is InChI=1S/C20H20N4O3S/c1-11-8-16(10-22-23-18(25)15-6-5-7-21-9-15)13(3)24(11)19-17(20(26)27)12(2)14(4)28-19/h5-10H,1-4H3,(H,23,25)(H,26,27)/b22-10-. The highest BCUT2D eigenvalue weighted by Crippen LogP contribution is 2.33. The van der Waals surface area contributed by atoms with Crippen LogP contribution in [0.2, 0.25) is 0 Å². The van der Waals surface area contributed by atoms with Gasteiger partial charge in [0.25, 0.3) is 5.91 Å². The molecule has 0 atom stereocenters. The van der Waals surface area contributed by atoms with Gasteiger partial charge in [-0.15, -0.1) is 11.3 Å². The number of carboxylic acid groups (broad SMARTS) is 1. The van der Waals surface area contributed by atoms with Crippen molar-refractivity contribution in [1.29, 1.82) is 0 Å². The van der Waals surface area contributed by atoms with Crippen LogP contribution in [0, 0.1) is 27.7 Å². The number of hydrazone groups is 1. The van der Waals surface area contributed by atoms with E-state index >= 15 is 0 Å². The monoisotopic (exact) mass is 396 g/mol. The zero-order valence-electron chi connectivity index (χ0n) is 16.0. The van der Waals surface area contributed by atoms with Crippen LogP contribution in [0.25, 0.3) is 5.00 Å². The van der Waals surface area contributed by atoms with E-state index in [9.17, 15) is 14.7 Å². The quantitative estimate of drug-likeness (QED) is 0.508. The number of aryl methyl sites for hydroxylation is 2. The van der Waals surface area contributed by atoms with Crippen molar-refractivity contribution in [1.82, 2.24) is 15.0 Å². The van der Waals surface area contributed by atoms with Crippen LogP contribution in [0.3, 0.4) is 0 Å². The highest BCUT2D eigenvalue weighted by atomic mass is 32.1. The van der Waals surface area contributed by atoms with Crippen LogP contribution in [-0.4, -0.2) is 32.7 Å². The van der Waals surface area contributed by atoms with Crippen molar-refractivity contribution in [2.75, 3.05) is 0 Å². The number of nitrogens with zero attached hydrogens (tertiary/aromatic N) is 3. The number of hydrogen-bond donors (Lipinski definition) is 2. The van der Waals surface area contributed by atoms with Gasteiger partial charge in [-0.25, -0.2) is 10.2 Å². The first-order valence-corrected chi connectivity index (χ1v) is 9.39. The lowest BCUT2D eigenvalue weighted by Gasteiger charge is -2.09. The molecule has 0 spiro atoms. The number of nitrogens with one attached hydrogen (secondary N) is 1. The number of carbonyl (C=O) groups excluding carboxylic acids is 1. The summed E-state index contributed by atoms with van der Waals surface area (Å²) in [5, 5.41) is 14.3. The zero-order chi connectivity index (χ0) is 20.4. The number of aromatic nitrogens is 2. The van der Waals surface area contributed by atoms with Crippen molar-refractivity contribution >= 4 is 29.4 Å². The van der Waals surface area contributed by atoms with Crippen LogP contribution in [-0.2, 0) is 0 Å². The third-order valence-corrected chi connectivity index (χ3v) is 5.74. The molecule has 28 heavy (non-hydrogen) atoms. The van der Waals surface area contributed by atoms with Gasteiger partial charge < -0.3 is 9.67 Å². The Bertz CT molecular complexity index is 1080. The summed E-state index contributed by atoms with van der Waals surface area (Å²) in [5.74, 6) is -1.29. The van der Waals surface area contributed by atoms with E-state index in [1.54, 1.807) is 24.5 Å². The molecule has 1 amide bonds. The Labute approximate surface area is 166 Å². The number of amides is 1. The number of rotatable bonds is 5. The fraction of sp³-hybridized carbons (Fsp3) is 0.200. The molecule has 0 aliphatic heterocycles. The maximum absolute atomic E-state index is 12.0. The van der Waals surface area contributed by atoms with E-state index in [0.717, 1.165) is 27.4 Å². The van der Waals surface area contributed by atoms with Crippen LogP contribution in [0.15, 0.2) is 35.7 Å². The number of carboxylic acids is 1. The van der Waals surface area contributed by atoms with Gasteiger partial charge >= 0.3 is 5.97 Å². The summed E-state index contributed by atoms with van der Waals surface area (Å²) in [6, 6.07) is 5.24. The van der Waals surface area contributed by atoms with Gasteiger partial charge in [0.15, 0.2) is 0 Å². The average Bonchev–Trinajstić information content (AvgIpc) is 3.11. The van der Waals surface area contributed by atoms with Gasteiger partial charge in [0.2, 0.25) is 0 Å². The molecule has 0 fully saturated rings. The average molecular weight is 396 g/mol. The largest absolute Gasteiger partial charge is 0.478 e. The maximum Gasteiger partial charge on any atom is 0.339 e. The Morgan fingerprint density at radius 1 is 1.29 bits per heavy atom. The SMILES string of the molecule is Cc1sc(-n2c(C)cc(/C=N\NC(=O)c3cccnc3)c2C)c(C(=O)O)c1C. The molecule has 3 heterocycles. The van der Waals surface area contributed by atoms with Gasteiger partial charge in [0.1, 0.15) is 5.00 Å². The summed E-state index contributed by atoms with van der Waals surface area (Å²) in [6.45, 7) is 7.55. The molecule has 0 radical (unpaired) electrons. The summed E-state index contributed by atoms with van der Waals surface area (Å²) in [5.41, 5.74) is 6.52. The van der Waals surface area contributed by atoms with Crippen LogP contribution in [0.1, 0.15) is 48.1 Å². The summed E-state index contributed by atoms with van der Waals surface area (Å²) in [7, 11) is 0. The molecule has 3 rings (SSSR count). The molecule has 3 aromatic heterocycles. The maximum atomic E-state index is 12.0. The van der Waals surface area contributed by atoms with E-state index in [2.05, 4.69) is 15.5 Å². The number of carbonyl (C=O) groups is 2. The molecule has 0 aliphatic rings. The van der Waals surface area contributed by atoms with Crippen molar-refractivity contribution < 1.29 is 14.7 Å². The molecule has 0 aromatic carbocycles. The van der Waals surface area contributed by atoms with E-state index < -0.39 is 5.97 Å². The second-order valence-corrected chi connectivity index (χ2v) is 7.57. The van der Waals surface area contributed by atoms with Crippen molar-refractivity contribution in [3.05, 3.63) is 69.1 Å². The van der Waals surface area contributed by atoms with Gasteiger partial charge in [0, 0.05) is 34.2 Å². The van der Waals surface area contributed by atoms with Gasteiger partial charge in [-0.3, -0.25) is 9.78 Å². The normalized spacial score (nSPS) is 11.1. The van der Waals surface area contributed by atoms with E-state index in [0.29, 0.717) is 16.1 Å². The van der Waals surface area contributed by atoms with Crippen molar-refractivity contribution in [2.24, 2.45) is 5.10 Å². The number of thiophene rings is 1. The zero-order valence-corrected chi connectivity index (χ0v) is 16.8. The van der Waals surface area contributed by atoms with Crippen LogP contribution in [0.4, 0.5) is 0 Å². The first-order chi connectivity index (χ1) is 13.3. The predicted molar refractivity (Wildman–Crippen MR) is 109 cm³/mol. The van der Waals surface area contributed by atoms with E-state index in [1.165, 1.54) is 17.5 Å². The molecular formula is C20H20N4O3S. The number of aromatic carboxylic acids is 1. The first kappa shape index (κ1) is 19.5. The Balaban J connectivity index is 1.90. The second kappa shape index (κ2) is 7.77. The Morgan fingerprint density at radius 2 is 2.04 bits per heavy atom. The first-order valence-electron chi connectivity index (χ1n) is 8.57. The van der Waals surface area contributed by atoms with Crippen LogP contribution in [0.5, 0.6) is 0 Å². The van der Waals surface area contributed by atoms with Gasteiger partial charge in [-0.2, -0.15) is 5.10 Å². The third kappa shape index (κ3) is 3.59. The number of hydrogen-bond acceptors (Lipinski definition) is 5. The molecule has 0 saturated heterocycles. The summed E-state index contributed by atoms with van der Waals surface area (Å²) < 4.78 is 1.92. The molecule has 0 saturated carbocycles. The molecule has 0 aliphatic carbocycles. The molecule has 7 nitrogen and oxygen atoms in total. The van der Waals surface area contributed by atoms with E-state index in [1.807, 2.05) is 38.3 Å². The van der Waals surface area contributed by atoms with Crippen LogP contribution < -0.4 is 5.43 Å². The Hall–Kier alpha value is -3.26. The van der Waals surface area contributed by atoms with Crippen molar-refractivity contribution in [2.45, 2.75) is 27.7 Å². The lowest BCUT2D eigenvalue weighted by molar-refractivity contribution is 0.0696. The molecule has 3 aromatic rings. The van der Waals surface area contributed by atoms with Crippen LogP contribution >= 0.6 is 11.3 Å². The highest BCUT2D eigenvalue weighted by molar-refractivity contribution is 7.15. The molecule has 8 heteroatoms. The fourth-order valence-corrected chi connectivity index (χ4v) is 4.23. The number of pyridine rings is 1. The molecule has 144 valence electrons. The van der Waals surface area contributed by atoms with E-state index in [-0.39, 0.29) is 5.91 Å². The molecule has 0 unspecified atom stereocenters. The topological polar surface area (TPSA) is 96.6 Å². The summed E-state index contributed by atoms with van der Waals surface area (Å²) >= 11 is 1.45. The van der Waals surface area contributed by atoms with Crippen molar-refractivity contribution in [3.63, 3.8) is 0 Å². The third-order valence-electron chi connectivity index (χ3n) is 4.55. The minimum atomic E-state index is -0.941. The smallest absolute Gasteiger partial charge is 0.339 e. The van der Waals surface area contributed by atoms with E-state index in [4.69, 9.17) is 0 Å². The summed E-state index contributed by atoms with van der Waals surface area (Å²) in [6.07, 6.45) is 4.61. The van der Waals surface area contributed by atoms with Gasteiger partial charge in [-0.1, -0.05) is 0 Å². The highest BCUT2D eigenvalue weighted by Gasteiger charge is 2.22. The lowest BCUT2D eigenvalue weighted by atomic mass is 10.1. The van der Waals surface area contributed by atoms with Gasteiger partial charge in [-0.05, 0) is 51.5 Å². The summed E-state index contributed by atoms with van der Waals surface area (Å²) in [4.78, 5) is 28.7. The molecule has 0 bridgehead atoms. The molecule has 2 N–H and O–H groups in total. The lowest BCUT2D eigenvalue weighted by Crippen LogP contribution is -2.17. The Kier molecular flexibility index (Phi) is 5.41. The molecular weight excluding hydrogens is 376 g/mol. The predicted octanol–water partition coefficient (Wildman–Crippen LogP) is 3.63. The Morgan fingerprint density at radius 3 is 2.68 bits per heavy atom. The minimum absolute atomic E-state index is 0.317. The van der Waals surface area contributed by atoms with Crippen molar-refractivity contribution in [3.8, 4) is 5.00 Å².